The maximum Gasteiger partial charge on any atom is 0.0232 e. The van der Waals surface area contributed by atoms with Crippen LogP contribution in [0.2, 0.25) is 0 Å². The molecule has 0 N–H and O–H groups in total. The summed E-state index contributed by atoms with van der Waals surface area (Å²) in [6, 6.07) is 8.41. The van der Waals surface area contributed by atoms with E-state index in [9.17, 15) is 4.21 Å². The van der Waals surface area contributed by atoms with E-state index in [0.717, 1.165) is 0 Å². The highest BCUT2D eigenvalue weighted by Gasteiger charge is 2.42. The van der Waals surface area contributed by atoms with Crippen molar-refractivity contribution in [2.45, 2.75) is 41.7 Å². The average molecular weight is 222 g/mol. The highest BCUT2D eigenvalue weighted by molar-refractivity contribution is 8.03. The molecule has 1 heterocycles. The Morgan fingerprint density at radius 1 is 1.20 bits per heavy atom. The van der Waals surface area contributed by atoms with Gasteiger partial charge < -0.3 is 0 Å². The molecule has 0 aromatic heterocycles. The molecule has 1 nitrogen and oxygen atoms in total. The zero-order chi connectivity index (χ0) is 10.5. The molecular weight excluding hydrogens is 204 g/mol. The Labute approximate surface area is 92.3 Å². The SMILES string of the molecule is C[SH]1(=O)c2ccccc2C2CCCCC21. The second-order valence-electron chi connectivity index (χ2n) is 5.01. The fourth-order valence-corrected chi connectivity index (χ4v) is 6.61. The lowest BCUT2D eigenvalue weighted by molar-refractivity contribution is 0.453. The monoisotopic (exact) mass is 222 g/mol. The van der Waals surface area contributed by atoms with Gasteiger partial charge in [-0.15, -0.1) is 0 Å². The van der Waals surface area contributed by atoms with E-state index in [1.54, 1.807) is 0 Å². The van der Waals surface area contributed by atoms with Crippen molar-refractivity contribution in [3.63, 3.8) is 0 Å². The van der Waals surface area contributed by atoms with Gasteiger partial charge in [-0.3, -0.25) is 4.21 Å². The first-order chi connectivity index (χ1) is 7.21. The molecule has 1 fully saturated rings. The highest BCUT2D eigenvalue weighted by atomic mass is 32.2. The smallest absolute Gasteiger partial charge is 0.0232 e. The van der Waals surface area contributed by atoms with Gasteiger partial charge in [0.05, 0.1) is 0 Å². The van der Waals surface area contributed by atoms with Crippen LogP contribution in [-0.2, 0) is 9.93 Å². The minimum Gasteiger partial charge on any atom is -0.280 e. The Bertz CT molecular complexity index is 438. The van der Waals surface area contributed by atoms with E-state index >= 15 is 0 Å². The number of hydrogen-bond donors (Lipinski definition) is 1. The molecule has 1 aliphatic carbocycles. The summed E-state index contributed by atoms with van der Waals surface area (Å²) in [7, 11) is -2.06. The van der Waals surface area contributed by atoms with Gasteiger partial charge in [-0.2, -0.15) is 0 Å². The molecule has 1 aromatic carbocycles. The molecule has 2 unspecified atom stereocenters. The summed E-state index contributed by atoms with van der Waals surface area (Å²) in [6.45, 7) is 0. The summed E-state index contributed by atoms with van der Waals surface area (Å²) in [5.74, 6) is 0.603. The van der Waals surface area contributed by atoms with E-state index in [-0.39, 0.29) is 0 Å². The van der Waals surface area contributed by atoms with Gasteiger partial charge in [-0.05, 0) is 36.6 Å². The summed E-state index contributed by atoms with van der Waals surface area (Å²) < 4.78 is 12.8. The first-order valence-electron chi connectivity index (χ1n) is 5.88. The molecule has 82 valence electrons. The van der Waals surface area contributed by atoms with Crippen molar-refractivity contribution in [1.29, 1.82) is 0 Å². The molecule has 2 atom stereocenters. The molecule has 0 amide bonds. The van der Waals surface area contributed by atoms with Crippen LogP contribution in [0, 0.1) is 0 Å². The highest BCUT2D eigenvalue weighted by Crippen LogP contribution is 2.49. The molecular formula is C13H18OS. The van der Waals surface area contributed by atoms with Crippen molar-refractivity contribution >= 4 is 9.93 Å². The van der Waals surface area contributed by atoms with Crippen molar-refractivity contribution in [3.8, 4) is 0 Å². The van der Waals surface area contributed by atoms with Crippen molar-refractivity contribution in [2.24, 2.45) is 0 Å². The molecule has 2 heteroatoms. The van der Waals surface area contributed by atoms with Gasteiger partial charge in [0.15, 0.2) is 0 Å². The van der Waals surface area contributed by atoms with Crippen LogP contribution in [0.4, 0.5) is 0 Å². The minimum atomic E-state index is -2.06. The number of hydrogen-bond acceptors (Lipinski definition) is 1. The molecule has 1 saturated carbocycles. The first kappa shape index (κ1) is 9.59. The van der Waals surface area contributed by atoms with Crippen LogP contribution >= 0.6 is 0 Å². The zero-order valence-corrected chi connectivity index (χ0v) is 10.0. The third-order valence-corrected chi connectivity index (χ3v) is 7.42. The molecule has 1 aliphatic heterocycles. The molecule has 0 radical (unpaired) electrons. The van der Waals surface area contributed by atoms with Crippen LogP contribution in [0.25, 0.3) is 0 Å². The molecule has 2 aliphatic rings. The van der Waals surface area contributed by atoms with Gasteiger partial charge in [0.2, 0.25) is 0 Å². The molecule has 1 aromatic rings. The van der Waals surface area contributed by atoms with Gasteiger partial charge in [0, 0.05) is 10.1 Å². The van der Waals surface area contributed by atoms with Crippen molar-refractivity contribution < 1.29 is 4.21 Å². The predicted molar refractivity (Wildman–Crippen MR) is 65.2 cm³/mol. The fourth-order valence-electron chi connectivity index (χ4n) is 3.45. The van der Waals surface area contributed by atoms with Crippen molar-refractivity contribution in [2.75, 3.05) is 6.26 Å². The van der Waals surface area contributed by atoms with Crippen LogP contribution in [0.15, 0.2) is 29.2 Å². The first-order valence-corrected chi connectivity index (χ1v) is 8.10. The van der Waals surface area contributed by atoms with E-state index in [4.69, 9.17) is 0 Å². The minimum absolute atomic E-state index is 0.462. The van der Waals surface area contributed by atoms with Crippen LogP contribution in [0.5, 0.6) is 0 Å². The Kier molecular flexibility index (Phi) is 2.03. The average Bonchev–Trinajstić information content (AvgIpc) is 2.51. The third-order valence-electron chi connectivity index (χ3n) is 4.18. The van der Waals surface area contributed by atoms with Crippen LogP contribution < -0.4 is 0 Å². The van der Waals surface area contributed by atoms with Gasteiger partial charge in [-0.1, -0.05) is 41.0 Å². The van der Waals surface area contributed by atoms with Crippen LogP contribution in [0.3, 0.4) is 0 Å². The number of fused-ring (bicyclic) bond motifs is 3. The summed E-state index contributed by atoms with van der Waals surface area (Å²) >= 11 is 0. The van der Waals surface area contributed by atoms with Gasteiger partial charge in [0.1, 0.15) is 0 Å². The normalized spacial score (nSPS) is 34.2. The van der Waals surface area contributed by atoms with E-state index < -0.39 is 9.93 Å². The van der Waals surface area contributed by atoms with Crippen molar-refractivity contribution in [3.05, 3.63) is 29.8 Å². The largest absolute Gasteiger partial charge is 0.280 e. The molecule has 15 heavy (non-hydrogen) atoms. The van der Waals surface area contributed by atoms with Gasteiger partial charge in [-0.25, -0.2) is 0 Å². The summed E-state index contributed by atoms with van der Waals surface area (Å²) in [6.07, 6.45) is 7.01. The second kappa shape index (κ2) is 3.18. The molecule has 0 spiro atoms. The summed E-state index contributed by atoms with van der Waals surface area (Å²) in [4.78, 5) is 1.18. The second-order valence-corrected chi connectivity index (χ2v) is 8.13. The molecule has 0 saturated heterocycles. The van der Waals surface area contributed by atoms with Gasteiger partial charge in [0.25, 0.3) is 0 Å². The van der Waals surface area contributed by atoms with Crippen LogP contribution in [-0.4, -0.2) is 15.7 Å². The lowest BCUT2D eigenvalue weighted by Gasteiger charge is -2.30. The topological polar surface area (TPSA) is 17.1 Å². The van der Waals surface area contributed by atoms with E-state index in [1.165, 1.54) is 36.1 Å². The Morgan fingerprint density at radius 2 is 1.93 bits per heavy atom. The summed E-state index contributed by atoms with van der Waals surface area (Å²) in [5, 5.41) is 0.462. The Balaban J connectivity index is 2.18. The lowest BCUT2D eigenvalue weighted by Crippen LogP contribution is -2.28. The standard InChI is InChI=1S/C13H18OS/c1-15(14)12-8-4-2-6-10(12)11-7-3-5-9-13(11)15/h2,4,6,8,11,13,15H,3,5,7,9H2,1H3. The predicted octanol–water partition coefficient (Wildman–Crippen LogP) is 2.73. The zero-order valence-electron chi connectivity index (χ0n) is 9.15. The number of thiol groups is 1. The van der Waals surface area contributed by atoms with Crippen LogP contribution in [0.1, 0.15) is 37.2 Å². The fraction of sp³-hybridized carbons (Fsp3) is 0.538. The van der Waals surface area contributed by atoms with Gasteiger partial charge >= 0.3 is 0 Å². The maximum atomic E-state index is 12.8. The maximum absolute atomic E-state index is 12.8. The molecule has 3 rings (SSSR count). The third kappa shape index (κ3) is 1.24. The van der Waals surface area contributed by atoms with E-state index in [0.29, 0.717) is 11.2 Å². The van der Waals surface area contributed by atoms with Crippen molar-refractivity contribution in [1.82, 2.24) is 0 Å². The quantitative estimate of drug-likeness (QED) is 0.668. The van der Waals surface area contributed by atoms with E-state index in [2.05, 4.69) is 18.2 Å². The Morgan fingerprint density at radius 3 is 2.80 bits per heavy atom. The number of rotatable bonds is 0. The lowest BCUT2D eigenvalue weighted by atomic mass is 9.84. The number of benzene rings is 1. The van der Waals surface area contributed by atoms with E-state index in [1.807, 2.05) is 12.3 Å². The Hall–Kier alpha value is -0.630. The summed E-state index contributed by atoms with van der Waals surface area (Å²) in [5.41, 5.74) is 1.40. The molecule has 0 bridgehead atoms.